The molecule has 3 aromatic rings. The van der Waals surface area contributed by atoms with Crippen LogP contribution in [0.1, 0.15) is 216 Å². The number of pyridine rings is 1. The lowest BCUT2D eigenvalue weighted by Crippen LogP contribution is -2.66. The lowest BCUT2D eigenvalue weighted by Gasteiger charge is -2.51. The number of hydrogen-bond acceptors (Lipinski definition) is 28. The monoisotopic (exact) mass is 1850 g/mol. The second kappa shape index (κ2) is 45.4. The summed E-state index contributed by atoms with van der Waals surface area (Å²) in [5, 5.41) is 61.5. The van der Waals surface area contributed by atoms with Crippen LogP contribution in [-0.2, 0) is 95.0 Å². The van der Waals surface area contributed by atoms with Crippen molar-refractivity contribution in [3.63, 3.8) is 0 Å². The number of benzene rings is 2. The summed E-state index contributed by atoms with van der Waals surface area (Å²) in [5.41, 5.74) is -8.46. The number of aliphatic hydroxyl groups excluding tert-OH is 3. The molecule has 6 fully saturated rings. The van der Waals surface area contributed by atoms with Crippen molar-refractivity contribution >= 4 is 58.2 Å². The van der Waals surface area contributed by atoms with Crippen molar-refractivity contribution in [2.75, 3.05) is 62.2 Å². The number of halogens is 1. The lowest BCUT2D eigenvalue weighted by atomic mass is 9.73. The maximum Gasteiger partial charge on any atom is 0.351 e. The molecule has 9 rings (SSSR count). The molecule has 131 heavy (non-hydrogen) atoms. The number of carbonyl (C=O) groups is 5. The Bertz CT molecular complexity index is 4380. The van der Waals surface area contributed by atoms with Crippen LogP contribution in [0.5, 0.6) is 0 Å². The molecule has 0 radical (unpaired) electrons. The van der Waals surface area contributed by atoms with Crippen molar-refractivity contribution in [1.29, 1.82) is 0 Å². The zero-order valence-electron chi connectivity index (χ0n) is 83.6. The van der Waals surface area contributed by atoms with Gasteiger partial charge in [0.15, 0.2) is 24.7 Å². The number of rotatable bonds is 20. The third kappa shape index (κ3) is 26.6. The highest BCUT2D eigenvalue weighted by atomic mass is 19.1. The fourth-order valence-corrected chi connectivity index (χ4v) is 20.2. The summed E-state index contributed by atoms with van der Waals surface area (Å²) in [7, 11) is 10.4. The number of nitrogens with zero attached hydrogens (tertiary/aromatic N) is 4. The first kappa shape index (κ1) is 110. The number of aliphatic imine (C=N–C) groups is 1. The van der Waals surface area contributed by atoms with Crippen LogP contribution in [0.3, 0.4) is 0 Å². The zero-order valence-corrected chi connectivity index (χ0v) is 83.6. The van der Waals surface area contributed by atoms with Gasteiger partial charge in [-0.2, -0.15) is 0 Å². The number of esters is 2. The lowest BCUT2D eigenvalue weighted by molar-refractivity contribution is -0.335. The highest BCUT2D eigenvalue weighted by Gasteiger charge is 2.61. The Labute approximate surface area is 777 Å². The van der Waals surface area contributed by atoms with Gasteiger partial charge in [-0.25, -0.2) is 14.2 Å². The molecule has 7 heterocycles. The number of methoxy groups -OCH3 is 2. The Balaban J connectivity index is 0.000000326. The molecule has 2 aromatic carbocycles. The normalized spacial score (nSPS) is 40.6. The molecule has 5 N–H and O–H groups in total. The second-order valence-electron chi connectivity index (χ2n) is 41.0. The first-order chi connectivity index (χ1) is 60.9. The number of cyclic esters (lactones) is 2. The molecular weight excluding hydrogens is 1690 g/mol. The number of aliphatic hydroxyl groups is 5. The van der Waals surface area contributed by atoms with Gasteiger partial charge < -0.3 is 106 Å². The molecule has 6 aliphatic heterocycles. The van der Waals surface area contributed by atoms with Crippen LogP contribution < -0.4 is 0 Å². The van der Waals surface area contributed by atoms with E-state index in [1.165, 1.54) is 35.0 Å². The molecule has 33 atom stereocenters. The summed E-state index contributed by atoms with van der Waals surface area (Å²) in [6.45, 7) is 42.9. The van der Waals surface area contributed by atoms with Gasteiger partial charge >= 0.3 is 11.9 Å². The molecule has 29 nitrogen and oxygen atoms in total. The molecule has 1 aromatic heterocycles. The summed E-state index contributed by atoms with van der Waals surface area (Å²) in [6, 6.07) is 18.3. The van der Waals surface area contributed by atoms with Crippen molar-refractivity contribution in [2.45, 2.75) is 373 Å². The highest BCUT2D eigenvalue weighted by Crippen LogP contribution is 2.47. The maximum atomic E-state index is 17.0. The van der Waals surface area contributed by atoms with Crippen LogP contribution in [-0.4, -0.2) is 305 Å². The van der Waals surface area contributed by atoms with Gasteiger partial charge in [-0.1, -0.05) is 134 Å². The number of likely N-dealkylation sites (N-methyl/N-ethyl adjacent to an activating group) is 2. The van der Waals surface area contributed by atoms with E-state index >= 15 is 4.39 Å². The second-order valence-corrected chi connectivity index (χ2v) is 41.0. The third-order valence-electron chi connectivity index (χ3n) is 27.3. The number of ketones is 2. The van der Waals surface area contributed by atoms with Crippen LogP contribution in [0.2, 0.25) is 0 Å². The Hall–Kier alpha value is -6.18. The van der Waals surface area contributed by atoms with Gasteiger partial charge in [0.2, 0.25) is 5.91 Å². The van der Waals surface area contributed by atoms with E-state index in [2.05, 4.69) is 9.98 Å². The van der Waals surface area contributed by atoms with Crippen LogP contribution in [0.4, 0.5) is 4.39 Å². The van der Waals surface area contributed by atoms with E-state index in [9.17, 15) is 49.5 Å². The number of alkyl halides is 1. The van der Waals surface area contributed by atoms with Gasteiger partial charge in [-0.3, -0.25) is 24.2 Å². The number of fused-ring (bicyclic) bond motifs is 6. The van der Waals surface area contributed by atoms with E-state index in [0.717, 1.165) is 29.0 Å². The van der Waals surface area contributed by atoms with E-state index in [4.69, 9.17) is 71.1 Å². The third-order valence-corrected chi connectivity index (χ3v) is 27.3. The van der Waals surface area contributed by atoms with E-state index in [1.807, 2.05) is 185 Å². The standard InChI is InChI=1S/C54H86N2O14.C47H71FN2O11/c1-18-39-54(13,61)48(64-25-21-22-36-26-37-23-19-20-24-38(37)55-29-36)31(3)42(57)30(2)27-53(12,63-17)47(69-50-43(58)41(56(14)15)45(34(6)66-50)70-51(8,9)10)32(4)44(33(5)49(60)67-39)68-40-28-52(11,62-16)46(59)35(7)65-40;1-15-34-47(12,55)41-28(3)35(49-31(6)51)27(2)24-45(10,57-26-33(25-56-41)23-19-22-32-20-17-16-18-21-32)40(29(4)39(53)46(11,48)43(54)59-34)60-42-37(52)36(50(13)14)38(30(5)58-42)61-44(7,8)9/h19-24,26,29-35,39-41,43-48,50,58-59,61H,18,25,27-28H2,1-17H3;16-23,27-30,34,36-38,40-42,52,55H,15,24-26H2,1-14H3/b22-21+;22-19+,33-23+,49-35?/t30-,31+,32+,33-,34-,35+,39-,40+,41-,43-,44+,45-,46+,47-,48-,50+,52-,53-,54-;27-,28+,29+,30-,34-,36-,37-,38-,40-,41-,42+,45-,46+,47-/m11/s1. The minimum atomic E-state index is -3.21. The van der Waals surface area contributed by atoms with Crippen molar-refractivity contribution in [2.24, 2.45) is 46.4 Å². The van der Waals surface area contributed by atoms with Crippen LogP contribution in [0.15, 0.2) is 95.7 Å². The Morgan fingerprint density at radius 3 is 1.71 bits per heavy atom. The van der Waals surface area contributed by atoms with Gasteiger partial charge in [0.1, 0.15) is 59.7 Å². The number of aromatic nitrogens is 1. The SMILES string of the molecule is CC[C@H]1OC(=O)[C@@](C)(F)C(=O)[C@H](C)[C@@H](O[C@@H]2O[C@H](C)[C@@H](OC(C)(C)C)[C@H](N(C)C)[C@H]2O)[C@@]2(C)C[C@@H](C)C(=NC(C)=O)[C@H](C)[C@@H](OC/C(=C\C=C\c3ccccc3)CO2)[C@]1(C)O.CC[C@H]1OC(=O)[C@H](C)[C@@H](O[C@H]2C[C@@](C)(OC)[C@@H](O)[C@H](C)O2)[C@H](C)[C@@H](O[C@@H]2O[C@H](C)[C@@H](OC(C)(C)C)[C@H](N(C)C)[C@H]2O)[C@](C)(OC)C[C@@H](C)C(=O)[C@H](C)[C@@H](OC/C=C/c2cnc3ccccc3c2)[C@]1(C)O. The number of carbonyl (C=O) groups excluding carboxylic acids is 5. The average Bonchev–Trinajstić information content (AvgIpc) is 1.46. The fourth-order valence-electron chi connectivity index (χ4n) is 20.2. The number of hydrogen-bond donors (Lipinski definition) is 5. The summed E-state index contributed by atoms with van der Waals surface area (Å²) in [6.07, 6.45) is -6.92. The number of ether oxygens (including phenoxy) is 15. The van der Waals surface area contributed by atoms with Crippen molar-refractivity contribution in [3.8, 4) is 0 Å². The van der Waals surface area contributed by atoms with Gasteiger partial charge in [0.05, 0.1) is 120 Å². The fraction of sp³-hybridized carbons (Fsp3) is 0.733. The van der Waals surface area contributed by atoms with Crippen LogP contribution in [0, 0.1) is 41.4 Å². The average molecular weight is 1850 g/mol. The highest BCUT2D eigenvalue weighted by molar-refractivity contribution is 6.08. The molecule has 0 aliphatic carbocycles. The molecule has 6 saturated heterocycles. The van der Waals surface area contributed by atoms with E-state index in [1.54, 1.807) is 95.6 Å². The molecule has 0 spiro atoms. The Kier molecular flexibility index (Phi) is 38.2. The molecule has 0 saturated carbocycles. The maximum absolute atomic E-state index is 17.0. The Morgan fingerprint density at radius 1 is 0.618 bits per heavy atom. The number of amides is 1. The topological polar surface area (TPSA) is 357 Å². The first-order valence-corrected chi connectivity index (χ1v) is 46.6. The number of allylic oxidation sites excluding steroid dienone is 2. The summed E-state index contributed by atoms with van der Waals surface area (Å²) in [4.78, 5) is 83.9. The van der Waals surface area contributed by atoms with Crippen LogP contribution in [0.25, 0.3) is 23.1 Å². The zero-order chi connectivity index (χ0) is 98.1. The molecular formula is C101H157FN4O25. The van der Waals surface area contributed by atoms with Gasteiger partial charge in [-0.05, 0) is 199 Å². The van der Waals surface area contributed by atoms with Crippen molar-refractivity contribution in [1.82, 2.24) is 14.8 Å². The summed E-state index contributed by atoms with van der Waals surface area (Å²) in [5.74, 6) is -10.3. The smallest absolute Gasteiger partial charge is 0.351 e. The first-order valence-electron chi connectivity index (χ1n) is 46.6. The number of para-hydroxylation sites is 1. The quantitative estimate of drug-likeness (QED) is 0.0518. The molecule has 0 unspecified atom stereocenters. The van der Waals surface area contributed by atoms with Gasteiger partial charge in [0, 0.05) is 74.4 Å². The summed E-state index contributed by atoms with van der Waals surface area (Å²) < 4.78 is 114. The van der Waals surface area contributed by atoms with Gasteiger partial charge in [-0.15, -0.1) is 0 Å². The molecule has 738 valence electrons. The molecule has 6 aliphatic rings. The van der Waals surface area contributed by atoms with E-state index in [0.29, 0.717) is 11.3 Å². The summed E-state index contributed by atoms with van der Waals surface area (Å²) >= 11 is 0. The van der Waals surface area contributed by atoms with Crippen LogP contribution >= 0.6 is 0 Å². The minimum Gasteiger partial charge on any atom is -0.459 e. The van der Waals surface area contributed by atoms with Gasteiger partial charge in [0.25, 0.3) is 5.67 Å². The predicted octanol–water partition coefficient (Wildman–Crippen LogP) is 12.6. The van der Waals surface area contributed by atoms with Crippen molar-refractivity contribution < 1.29 is 125 Å². The molecule has 30 heteroatoms. The Morgan fingerprint density at radius 2 is 1.17 bits per heavy atom. The van der Waals surface area contributed by atoms with Crippen molar-refractivity contribution in [3.05, 3.63) is 102 Å². The minimum absolute atomic E-state index is 0.0200. The largest absolute Gasteiger partial charge is 0.459 e. The van der Waals surface area contributed by atoms with E-state index in [-0.39, 0.29) is 57.7 Å². The molecule has 2 bridgehead atoms. The molecule has 1 amide bonds. The predicted molar refractivity (Wildman–Crippen MR) is 496 cm³/mol. The number of Topliss-reactive ketones (excluding diaryl/α,β-unsaturated/α-hetero) is 2. The van der Waals surface area contributed by atoms with E-state index < -0.39 is 232 Å².